The summed E-state index contributed by atoms with van der Waals surface area (Å²) in [6, 6.07) is 4.89. The molecule has 2 rings (SSSR count). The van der Waals surface area contributed by atoms with Crippen LogP contribution in [0.3, 0.4) is 0 Å². The van der Waals surface area contributed by atoms with Gasteiger partial charge in [-0.25, -0.2) is 4.39 Å². The average Bonchev–Trinajstić information content (AvgIpc) is 2.53. The second kappa shape index (κ2) is 4.46. The summed E-state index contributed by atoms with van der Waals surface area (Å²) in [7, 11) is 0. The summed E-state index contributed by atoms with van der Waals surface area (Å²) < 4.78 is 14.4. The molecule has 0 amide bonds. The number of hydrogen-bond donors (Lipinski definition) is 1. The highest BCUT2D eigenvalue weighted by molar-refractivity contribution is 9.10. The molecule has 3 heteroatoms. The van der Waals surface area contributed by atoms with Crippen molar-refractivity contribution in [3.05, 3.63) is 34.1 Å². The Bertz CT molecular complexity index is 394. The van der Waals surface area contributed by atoms with Crippen molar-refractivity contribution in [2.24, 2.45) is 5.92 Å². The number of benzene rings is 1. The summed E-state index contributed by atoms with van der Waals surface area (Å²) in [6.07, 6.45) is 3.26. The summed E-state index contributed by atoms with van der Waals surface area (Å²) in [5.74, 6) is 0.0293. The molecule has 1 fully saturated rings. The predicted octanol–water partition coefficient (Wildman–Crippen LogP) is 3.68. The Morgan fingerprint density at radius 1 is 1.56 bits per heavy atom. The Labute approximate surface area is 104 Å². The lowest BCUT2D eigenvalue weighted by Crippen LogP contribution is -2.34. The second-order valence-corrected chi connectivity index (χ2v) is 5.73. The Hall–Kier alpha value is -0.410. The molecule has 1 aliphatic rings. The predicted molar refractivity (Wildman–Crippen MR) is 65.8 cm³/mol. The van der Waals surface area contributed by atoms with Crippen LogP contribution < -0.4 is 0 Å². The fraction of sp³-hybridized carbons (Fsp3) is 0.538. The quantitative estimate of drug-likeness (QED) is 0.879. The Kier molecular flexibility index (Phi) is 3.36. The third kappa shape index (κ3) is 2.30. The molecule has 1 aromatic carbocycles. The minimum atomic E-state index is -0.721. The minimum absolute atomic E-state index is 0.226. The minimum Gasteiger partial charge on any atom is -0.389 e. The molecular formula is C13H16BrFO. The SMILES string of the molecule is CC1CCCC1(O)Cc1cc(Br)ccc1F. The van der Waals surface area contributed by atoms with E-state index in [-0.39, 0.29) is 11.7 Å². The van der Waals surface area contributed by atoms with E-state index in [0.29, 0.717) is 12.0 Å². The van der Waals surface area contributed by atoms with E-state index in [1.54, 1.807) is 12.1 Å². The third-order valence-corrected chi connectivity index (χ3v) is 4.16. The summed E-state index contributed by atoms with van der Waals surface area (Å²) in [6.45, 7) is 2.04. The lowest BCUT2D eigenvalue weighted by atomic mass is 9.86. The van der Waals surface area contributed by atoms with Crippen molar-refractivity contribution in [2.45, 2.75) is 38.2 Å². The van der Waals surface area contributed by atoms with Crippen LogP contribution in [0, 0.1) is 11.7 Å². The van der Waals surface area contributed by atoms with Gasteiger partial charge in [-0.05, 0) is 42.5 Å². The maximum atomic E-state index is 13.6. The maximum Gasteiger partial charge on any atom is 0.126 e. The van der Waals surface area contributed by atoms with Crippen molar-refractivity contribution in [3.8, 4) is 0 Å². The van der Waals surface area contributed by atoms with E-state index in [9.17, 15) is 9.50 Å². The molecule has 0 heterocycles. The molecule has 1 nitrogen and oxygen atoms in total. The van der Waals surface area contributed by atoms with E-state index in [2.05, 4.69) is 15.9 Å². The zero-order valence-electron chi connectivity index (χ0n) is 9.34. The van der Waals surface area contributed by atoms with E-state index in [0.717, 1.165) is 23.7 Å². The van der Waals surface area contributed by atoms with Crippen LogP contribution in [-0.2, 0) is 6.42 Å². The molecule has 0 radical (unpaired) electrons. The first kappa shape index (κ1) is 12.1. The first-order valence-electron chi connectivity index (χ1n) is 5.67. The van der Waals surface area contributed by atoms with Gasteiger partial charge in [0.2, 0.25) is 0 Å². The fourth-order valence-corrected chi connectivity index (χ4v) is 2.91. The Balaban J connectivity index is 2.23. The molecule has 1 N–H and O–H groups in total. The van der Waals surface area contributed by atoms with Crippen LogP contribution in [0.4, 0.5) is 4.39 Å². The van der Waals surface area contributed by atoms with Crippen molar-refractivity contribution in [1.29, 1.82) is 0 Å². The van der Waals surface area contributed by atoms with Gasteiger partial charge >= 0.3 is 0 Å². The van der Waals surface area contributed by atoms with Gasteiger partial charge in [0, 0.05) is 10.9 Å². The lowest BCUT2D eigenvalue weighted by Gasteiger charge is -2.28. The molecule has 1 aromatic rings. The van der Waals surface area contributed by atoms with Gasteiger partial charge in [-0.3, -0.25) is 0 Å². The molecule has 88 valence electrons. The van der Waals surface area contributed by atoms with Crippen molar-refractivity contribution in [3.63, 3.8) is 0 Å². The fourth-order valence-electron chi connectivity index (χ4n) is 2.50. The molecule has 0 spiro atoms. The summed E-state index contributed by atoms with van der Waals surface area (Å²) >= 11 is 3.33. The van der Waals surface area contributed by atoms with Gasteiger partial charge in [0.25, 0.3) is 0 Å². The molecule has 0 bridgehead atoms. The van der Waals surface area contributed by atoms with E-state index in [1.807, 2.05) is 6.92 Å². The number of rotatable bonds is 2. The van der Waals surface area contributed by atoms with Gasteiger partial charge in [0.1, 0.15) is 5.82 Å². The number of hydrogen-bond acceptors (Lipinski definition) is 1. The van der Waals surface area contributed by atoms with Gasteiger partial charge < -0.3 is 5.11 Å². The molecule has 16 heavy (non-hydrogen) atoms. The van der Waals surface area contributed by atoms with Crippen LogP contribution in [0.5, 0.6) is 0 Å². The van der Waals surface area contributed by atoms with Crippen molar-refractivity contribution < 1.29 is 9.50 Å². The van der Waals surface area contributed by atoms with E-state index in [1.165, 1.54) is 6.07 Å². The van der Waals surface area contributed by atoms with Crippen molar-refractivity contribution in [1.82, 2.24) is 0 Å². The largest absolute Gasteiger partial charge is 0.389 e. The zero-order valence-corrected chi connectivity index (χ0v) is 10.9. The Morgan fingerprint density at radius 3 is 2.94 bits per heavy atom. The molecule has 0 aromatic heterocycles. The number of halogens is 2. The molecule has 2 unspecified atom stereocenters. The van der Waals surface area contributed by atoms with Crippen molar-refractivity contribution >= 4 is 15.9 Å². The molecule has 2 atom stereocenters. The van der Waals surface area contributed by atoms with Crippen LogP contribution in [0.25, 0.3) is 0 Å². The smallest absolute Gasteiger partial charge is 0.126 e. The van der Waals surface area contributed by atoms with Gasteiger partial charge in [0.15, 0.2) is 0 Å². The highest BCUT2D eigenvalue weighted by Crippen LogP contribution is 2.38. The molecule has 0 saturated heterocycles. The topological polar surface area (TPSA) is 20.2 Å². The van der Waals surface area contributed by atoms with Crippen LogP contribution in [-0.4, -0.2) is 10.7 Å². The van der Waals surface area contributed by atoms with Crippen molar-refractivity contribution in [2.75, 3.05) is 0 Å². The first-order valence-corrected chi connectivity index (χ1v) is 6.47. The zero-order chi connectivity index (χ0) is 11.8. The summed E-state index contributed by atoms with van der Waals surface area (Å²) in [5.41, 5.74) is -0.118. The second-order valence-electron chi connectivity index (χ2n) is 4.81. The van der Waals surface area contributed by atoms with E-state index < -0.39 is 5.60 Å². The van der Waals surface area contributed by atoms with Gasteiger partial charge in [-0.2, -0.15) is 0 Å². The molecule has 0 aliphatic heterocycles. The molecule has 1 aliphatic carbocycles. The van der Waals surface area contributed by atoms with Crippen LogP contribution >= 0.6 is 15.9 Å². The lowest BCUT2D eigenvalue weighted by molar-refractivity contribution is 0.00885. The summed E-state index contributed by atoms with van der Waals surface area (Å²) in [5, 5.41) is 10.4. The highest BCUT2D eigenvalue weighted by atomic mass is 79.9. The highest BCUT2D eigenvalue weighted by Gasteiger charge is 2.38. The van der Waals surface area contributed by atoms with E-state index >= 15 is 0 Å². The van der Waals surface area contributed by atoms with Gasteiger partial charge in [-0.1, -0.05) is 29.3 Å². The van der Waals surface area contributed by atoms with Crippen LogP contribution in [0.1, 0.15) is 31.7 Å². The number of aliphatic hydroxyl groups is 1. The first-order chi connectivity index (χ1) is 7.51. The van der Waals surface area contributed by atoms with Gasteiger partial charge in [0.05, 0.1) is 5.60 Å². The maximum absolute atomic E-state index is 13.6. The molecule has 1 saturated carbocycles. The van der Waals surface area contributed by atoms with Gasteiger partial charge in [-0.15, -0.1) is 0 Å². The summed E-state index contributed by atoms with van der Waals surface area (Å²) in [4.78, 5) is 0. The monoisotopic (exact) mass is 286 g/mol. The van der Waals surface area contributed by atoms with Crippen LogP contribution in [0.15, 0.2) is 22.7 Å². The van der Waals surface area contributed by atoms with E-state index in [4.69, 9.17) is 0 Å². The standard InChI is InChI=1S/C13H16BrFO/c1-9-3-2-6-13(9,16)8-10-7-11(14)4-5-12(10)15/h4-5,7,9,16H,2-3,6,8H2,1H3. The average molecular weight is 287 g/mol. The molecular weight excluding hydrogens is 271 g/mol. The normalized spacial score (nSPS) is 29.6. The Morgan fingerprint density at radius 2 is 2.31 bits per heavy atom. The third-order valence-electron chi connectivity index (χ3n) is 3.67. The van der Waals surface area contributed by atoms with Crippen LogP contribution in [0.2, 0.25) is 0 Å².